The van der Waals surface area contributed by atoms with Crippen molar-refractivity contribution >= 4 is 11.9 Å². The van der Waals surface area contributed by atoms with Gasteiger partial charge in [-0.15, -0.1) is 0 Å². The smallest absolute Gasteiger partial charge is 0.161 e. The van der Waals surface area contributed by atoms with Crippen molar-refractivity contribution in [2.24, 2.45) is 0 Å². The number of ketones is 1. The van der Waals surface area contributed by atoms with Gasteiger partial charge >= 0.3 is 0 Å². The summed E-state index contributed by atoms with van der Waals surface area (Å²) in [5.74, 6) is 0.281. The molecule has 0 spiro atoms. The lowest BCUT2D eigenvalue weighted by Gasteiger charge is -2.03. The number of hydrogen-bond donors (Lipinski definition) is 2. The molecule has 4 heteroatoms. The average molecular weight is 318 g/mol. The Morgan fingerprint density at radius 3 is 2.65 bits per heavy atom. The summed E-state index contributed by atoms with van der Waals surface area (Å²) in [6, 6.07) is 4.85. The first-order chi connectivity index (χ1) is 11.1. The number of rotatable bonds is 10. The quantitative estimate of drug-likeness (QED) is 0.282. The molecule has 0 radical (unpaired) electrons. The number of hydrogen-bond acceptors (Lipinski definition) is 4. The van der Waals surface area contributed by atoms with Crippen molar-refractivity contribution in [3.63, 3.8) is 0 Å². The number of carbonyl (C=O) groups is 1. The minimum absolute atomic E-state index is 0.0580. The van der Waals surface area contributed by atoms with Gasteiger partial charge in [0.1, 0.15) is 5.76 Å². The Hall–Kier alpha value is -2.23. The van der Waals surface area contributed by atoms with E-state index >= 15 is 0 Å². The number of ether oxygens (including phenoxy) is 1. The number of benzene rings is 1. The van der Waals surface area contributed by atoms with Gasteiger partial charge < -0.3 is 14.9 Å². The molecule has 4 nitrogen and oxygen atoms in total. The summed E-state index contributed by atoms with van der Waals surface area (Å²) in [6.45, 7) is 2.15. The van der Waals surface area contributed by atoms with Crippen LogP contribution in [-0.2, 0) is 4.79 Å². The lowest BCUT2D eigenvalue weighted by molar-refractivity contribution is -0.114. The van der Waals surface area contributed by atoms with Crippen molar-refractivity contribution < 1.29 is 19.7 Å². The number of aliphatic hydroxyl groups excluding tert-OH is 1. The van der Waals surface area contributed by atoms with Gasteiger partial charge in [-0.2, -0.15) is 0 Å². The molecule has 126 valence electrons. The first kappa shape index (κ1) is 18.8. The molecule has 0 amide bonds. The second-order valence-electron chi connectivity index (χ2n) is 5.46. The van der Waals surface area contributed by atoms with Crippen LogP contribution in [0.2, 0.25) is 0 Å². The maximum Gasteiger partial charge on any atom is 0.161 e. The van der Waals surface area contributed by atoms with E-state index in [0.29, 0.717) is 12.2 Å². The number of phenols is 1. The van der Waals surface area contributed by atoms with Gasteiger partial charge in [0.05, 0.1) is 7.11 Å². The van der Waals surface area contributed by atoms with Crippen LogP contribution in [0.3, 0.4) is 0 Å². The highest BCUT2D eigenvalue weighted by Gasteiger charge is 2.02. The van der Waals surface area contributed by atoms with Gasteiger partial charge in [-0.1, -0.05) is 44.7 Å². The number of allylic oxidation sites excluding steroid dienone is 2. The van der Waals surface area contributed by atoms with Crippen LogP contribution in [0, 0.1) is 0 Å². The van der Waals surface area contributed by atoms with Crippen LogP contribution in [0.4, 0.5) is 0 Å². The van der Waals surface area contributed by atoms with Crippen molar-refractivity contribution in [3.8, 4) is 11.5 Å². The molecule has 2 N–H and O–H groups in total. The number of unbranched alkanes of at least 4 members (excludes halogenated alkanes) is 4. The van der Waals surface area contributed by atoms with Gasteiger partial charge in [0, 0.05) is 12.5 Å². The van der Waals surface area contributed by atoms with E-state index in [0.717, 1.165) is 24.8 Å². The third-order valence-corrected chi connectivity index (χ3v) is 3.49. The fourth-order valence-corrected chi connectivity index (χ4v) is 2.17. The van der Waals surface area contributed by atoms with E-state index in [9.17, 15) is 15.0 Å². The SMILES string of the molecule is CCCCCCCC(=O)C=C(O)/C=C/c1ccc(O)c(OC)c1. The molecule has 0 fully saturated rings. The van der Waals surface area contributed by atoms with E-state index in [1.165, 1.54) is 38.2 Å². The molecule has 0 atom stereocenters. The molecule has 1 aromatic carbocycles. The Morgan fingerprint density at radius 1 is 1.22 bits per heavy atom. The van der Waals surface area contributed by atoms with Crippen molar-refractivity contribution in [1.82, 2.24) is 0 Å². The standard InChI is InChI=1S/C19H26O4/c1-3-4-5-6-7-8-16(20)14-17(21)11-9-15-10-12-18(22)19(13-15)23-2/h9-14,21-22H,3-8H2,1-2H3/b11-9+,17-14?. The summed E-state index contributed by atoms with van der Waals surface area (Å²) in [7, 11) is 1.47. The minimum Gasteiger partial charge on any atom is -0.508 e. The fraction of sp³-hybridized carbons (Fsp3) is 0.421. The zero-order valence-electron chi connectivity index (χ0n) is 13.9. The number of phenolic OH excluding ortho intramolecular Hbond substituents is 1. The maximum atomic E-state index is 11.7. The third-order valence-electron chi connectivity index (χ3n) is 3.49. The van der Waals surface area contributed by atoms with Crippen molar-refractivity contribution in [3.05, 3.63) is 41.7 Å². The van der Waals surface area contributed by atoms with E-state index in [2.05, 4.69) is 6.92 Å². The lowest BCUT2D eigenvalue weighted by atomic mass is 10.1. The highest BCUT2D eigenvalue weighted by molar-refractivity contribution is 5.90. The van der Waals surface area contributed by atoms with Crippen LogP contribution < -0.4 is 4.74 Å². The monoisotopic (exact) mass is 318 g/mol. The molecule has 0 bridgehead atoms. The second-order valence-corrected chi connectivity index (χ2v) is 5.46. The van der Waals surface area contributed by atoms with E-state index in [1.807, 2.05) is 0 Å². The third kappa shape index (κ3) is 7.54. The van der Waals surface area contributed by atoms with Crippen LogP contribution in [0.15, 0.2) is 36.1 Å². The van der Waals surface area contributed by atoms with Gasteiger partial charge in [-0.05, 0) is 30.2 Å². The average Bonchev–Trinajstić information content (AvgIpc) is 2.54. The molecule has 1 aromatic rings. The number of methoxy groups -OCH3 is 1. The fourth-order valence-electron chi connectivity index (χ4n) is 2.17. The predicted molar refractivity (Wildman–Crippen MR) is 92.8 cm³/mol. The largest absolute Gasteiger partial charge is 0.508 e. The highest BCUT2D eigenvalue weighted by atomic mass is 16.5. The molecule has 0 heterocycles. The first-order valence-electron chi connectivity index (χ1n) is 8.05. The van der Waals surface area contributed by atoms with Crippen LogP contribution in [0.1, 0.15) is 51.0 Å². The van der Waals surface area contributed by atoms with Gasteiger partial charge in [-0.3, -0.25) is 4.79 Å². The Morgan fingerprint density at radius 2 is 1.96 bits per heavy atom. The van der Waals surface area contributed by atoms with Crippen LogP contribution in [0.5, 0.6) is 11.5 Å². The summed E-state index contributed by atoms with van der Waals surface area (Å²) in [5.41, 5.74) is 0.756. The molecule has 0 unspecified atom stereocenters. The predicted octanol–water partition coefficient (Wildman–Crippen LogP) is 4.79. The summed E-state index contributed by atoms with van der Waals surface area (Å²) < 4.78 is 5.01. The Balaban J connectivity index is 2.50. The molecule has 0 aliphatic carbocycles. The Bertz CT molecular complexity index is 558. The first-order valence-corrected chi connectivity index (χ1v) is 8.05. The normalized spacial score (nSPS) is 11.8. The molecule has 23 heavy (non-hydrogen) atoms. The summed E-state index contributed by atoms with van der Waals surface area (Å²) >= 11 is 0. The van der Waals surface area contributed by atoms with Crippen LogP contribution in [-0.4, -0.2) is 23.1 Å². The topological polar surface area (TPSA) is 66.8 Å². The summed E-state index contributed by atoms with van der Waals surface area (Å²) in [6.07, 6.45) is 10.3. The molecular weight excluding hydrogens is 292 g/mol. The molecular formula is C19H26O4. The minimum atomic E-state index is -0.0735. The van der Waals surface area contributed by atoms with E-state index in [1.54, 1.807) is 18.2 Å². The van der Waals surface area contributed by atoms with Crippen LogP contribution in [0.25, 0.3) is 6.08 Å². The number of carbonyl (C=O) groups excluding carboxylic acids is 1. The van der Waals surface area contributed by atoms with E-state index in [-0.39, 0.29) is 17.3 Å². The highest BCUT2D eigenvalue weighted by Crippen LogP contribution is 2.26. The van der Waals surface area contributed by atoms with Gasteiger partial charge in [-0.25, -0.2) is 0 Å². The molecule has 0 aromatic heterocycles. The van der Waals surface area contributed by atoms with Crippen LogP contribution >= 0.6 is 0 Å². The molecule has 1 rings (SSSR count). The molecule has 0 aliphatic rings. The Kier molecular flexibility index (Phi) is 8.58. The maximum absolute atomic E-state index is 11.7. The van der Waals surface area contributed by atoms with Gasteiger partial charge in [0.25, 0.3) is 0 Å². The van der Waals surface area contributed by atoms with Crippen molar-refractivity contribution in [2.45, 2.75) is 45.4 Å². The molecule has 0 saturated carbocycles. The lowest BCUT2D eigenvalue weighted by Crippen LogP contribution is -1.94. The number of aromatic hydroxyl groups is 1. The zero-order valence-corrected chi connectivity index (χ0v) is 13.9. The van der Waals surface area contributed by atoms with E-state index in [4.69, 9.17) is 4.74 Å². The van der Waals surface area contributed by atoms with Gasteiger partial charge in [0.2, 0.25) is 0 Å². The van der Waals surface area contributed by atoms with E-state index < -0.39 is 0 Å². The van der Waals surface area contributed by atoms with Crippen molar-refractivity contribution in [2.75, 3.05) is 7.11 Å². The Labute approximate surface area is 138 Å². The number of aliphatic hydroxyl groups is 1. The zero-order chi connectivity index (χ0) is 17.1. The summed E-state index contributed by atoms with van der Waals surface area (Å²) in [4.78, 5) is 11.7. The molecule has 0 saturated heterocycles. The van der Waals surface area contributed by atoms with Gasteiger partial charge in [0.15, 0.2) is 17.3 Å². The summed E-state index contributed by atoms with van der Waals surface area (Å²) in [5, 5.41) is 19.3. The van der Waals surface area contributed by atoms with Crippen molar-refractivity contribution in [1.29, 1.82) is 0 Å². The second kappa shape index (κ2) is 10.5. The molecule has 0 aliphatic heterocycles.